The van der Waals surface area contributed by atoms with Crippen LogP contribution in [-0.2, 0) is 18.4 Å². The molecule has 0 amide bonds. The van der Waals surface area contributed by atoms with E-state index in [0.717, 1.165) is 0 Å². The molecule has 20 heavy (non-hydrogen) atoms. The van der Waals surface area contributed by atoms with Gasteiger partial charge in [-0.25, -0.2) is 4.98 Å². The summed E-state index contributed by atoms with van der Waals surface area (Å²) >= 11 is 2.01. The van der Waals surface area contributed by atoms with Gasteiger partial charge >= 0.3 is 0 Å². The van der Waals surface area contributed by atoms with Crippen LogP contribution < -0.4 is 5.32 Å². The Bertz CT molecular complexity index is 488. The molecule has 1 N–H and O–H groups in total. The predicted molar refractivity (Wildman–Crippen MR) is 83.3 cm³/mol. The normalized spacial score (nSPS) is 33.0. The van der Waals surface area contributed by atoms with Crippen molar-refractivity contribution in [1.29, 1.82) is 0 Å². The van der Waals surface area contributed by atoms with Gasteiger partial charge in [-0.3, -0.25) is 4.90 Å². The maximum absolute atomic E-state index is 5.09. The fourth-order valence-electron chi connectivity index (χ4n) is 4.51. The molecular formula is C16H25N3S. The van der Waals surface area contributed by atoms with Crippen LogP contribution in [0.25, 0.3) is 0 Å². The highest BCUT2D eigenvalue weighted by Gasteiger charge is 2.52. The molecule has 1 aliphatic carbocycles. The topological polar surface area (TPSA) is 28.2 Å². The Morgan fingerprint density at radius 2 is 2.20 bits per heavy atom. The van der Waals surface area contributed by atoms with Crippen molar-refractivity contribution in [3.63, 3.8) is 0 Å². The molecule has 2 unspecified atom stereocenters. The third kappa shape index (κ3) is 1.88. The molecule has 3 heterocycles. The summed E-state index contributed by atoms with van der Waals surface area (Å²) in [6, 6.07) is 1.20. The minimum absolute atomic E-state index is 0.139. The molecule has 110 valence electrons. The van der Waals surface area contributed by atoms with Gasteiger partial charge in [0.15, 0.2) is 0 Å². The fourth-order valence-corrected chi connectivity index (χ4v) is 5.89. The van der Waals surface area contributed by atoms with Crippen LogP contribution >= 0.6 is 11.3 Å². The maximum atomic E-state index is 5.09. The molecule has 0 bridgehead atoms. The predicted octanol–water partition coefficient (Wildman–Crippen LogP) is 2.69. The van der Waals surface area contributed by atoms with E-state index in [1.54, 1.807) is 4.88 Å². The Morgan fingerprint density at radius 3 is 3.00 bits per heavy atom. The highest BCUT2D eigenvalue weighted by Crippen LogP contribution is 2.46. The number of fused-ring (bicyclic) bond motifs is 2. The largest absolute Gasteiger partial charge is 0.302 e. The van der Waals surface area contributed by atoms with Gasteiger partial charge < -0.3 is 5.32 Å². The second-order valence-corrected chi connectivity index (χ2v) is 8.04. The summed E-state index contributed by atoms with van der Waals surface area (Å²) in [6.07, 6.45) is 7.72. The van der Waals surface area contributed by atoms with Crippen LogP contribution in [0.5, 0.6) is 0 Å². The number of aryl methyl sites for hydroxylation is 2. The van der Waals surface area contributed by atoms with E-state index in [1.807, 2.05) is 11.3 Å². The van der Waals surface area contributed by atoms with E-state index in [0.29, 0.717) is 12.1 Å². The lowest BCUT2D eigenvalue weighted by molar-refractivity contribution is 0.212. The van der Waals surface area contributed by atoms with Crippen LogP contribution in [0.2, 0.25) is 0 Å². The average molecular weight is 291 g/mol. The summed E-state index contributed by atoms with van der Waals surface area (Å²) in [7, 11) is 0. The molecule has 2 saturated heterocycles. The standard InChI is InChI=1S/C16H25N3S/c1-11(2)18-16(8-10-19-9-4-7-14(16)19)15-17-12-5-3-6-13(12)20-15/h11,14,18H,3-10H2,1-2H3. The van der Waals surface area contributed by atoms with Crippen LogP contribution in [0.1, 0.15) is 55.1 Å². The average Bonchev–Trinajstić information content (AvgIpc) is 3.07. The number of nitrogens with zero attached hydrogens (tertiary/aromatic N) is 2. The first-order valence-corrected chi connectivity index (χ1v) is 9.01. The van der Waals surface area contributed by atoms with Crippen molar-refractivity contribution < 1.29 is 0 Å². The number of hydrogen-bond donors (Lipinski definition) is 1. The first-order valence-electron chi connectivity index (χ1n) is 8.20. The molecule has 3 nitrogen and oxygen atoms in total. The zero-order chi connectivity index (χ0) is 13.7. The zero-order valence-electron chi connectivity index (χ0n) is 12.6. The second-order valence-electron chi connectivity index (χ2n) is 6.96. The van der Waals surface area contributed by atoms with E-state index in [4.69, 9.17) is 4.98 Å². The highest BCUT2D eigenvalue weighted by molar-refractivity contribution is 7.12. The van der Waals surface area contributed by atoms with E-state index in [9.17, 15) is 0 Å². The van der Waals surface area contributed by atoms with E-state index in [2.05, 4.69) is 24.1 Å². The lowest BCUT2D eigenvalue weighted by Crippen LogP contribution is -2.52. The van der Waals surface area contributed by atoms with Gasteiger partial charge in [-0.05, 0) is 58.9 Å². The summed E-state index contributed by atoms with van der Waals surface area (Å²) in [6.45, 7) is 7.09. The Labute approximate surface area is 125 Å². The SMILES string of the molecule is CC(C)NC1(c2nc3c(s2)CCC3)CCN2CCCC21. The van der Waals surface area contributed by atoms with Crippen molar-refractivity contribution in [2.45, 2.75) is 70.0 Å². The highest BCUT2D eigenvalue weighted by atomic mass is 32.1. The molecule has 2 atom stereocenters. The van der Waals surface area contributed by atoms with Gasteiger partial charge in [0.05, 0.1) is 11.2 Å². The molecule has 0 aromatic carbocycles. The van der Waals surface area contributed by atoms with Gasteiger partial charge in [-0.2, -0.15) is 0 Å². The molecule has 2 aliphatic heterocycles. The minimum atomic E-state index is 0.139. The van der Waals surface area contributed by atoms with Gasteiger partial charge in [-0.1, -0.05) is 0 Å². The van der Waals surface area contributed by atoms with Crippen LogP contribution in [0, 0.1) is 0 Å². The summed E-state index contributed by atoms with van der Waals surface area (Å²) in [5, 5.41) is 5.33. The molecular weight excluding hydrogens is 266 g/mol. The fraction of sp³-hybridized carbons (Fsp3) is 0.812. The third-order valence-corrected chi connectivity index (χ3v) is 6.58. The number of hydrogen-bond acceptors (Lipinski definition) is 4. The van der Waals surface area contributed by atoms with Crippen LogP contribution in [0.3, 0.4) is 0 Å². The number of nitrogens with one attached hydrogen (secondary N) is 1. The van der Waals surface area contributed by atoms with Crippen LogP contribution in [-0.4, -0.2) is 35.1 Å². The van der Waals surface area contributed by atoms with E-state index < -0.39 is 0 Å². The van der Waals surface area contributed by atoms with Crippen molar-refractivity contribution in [1.82, 2.24) is 15.2 Å². The van der Waals surface area contributed by atoms with E-state index >= 15 is 0 Å². The Balaban J connectivity index is 1.74. The van der Waals surface area contributed by atoms with Gasteiger partial charge in [0.2, 0.25) is 0 Å². The lowest BCUT2D eigenvalue weighted by Gasteiger charge is -2.36. The summed E-state index contributed by atoms with van der Waals surface area (Å²) in [5.74, 6) is 0. The van der Waals surface area contributed by atoms with Gasteiger partial charge in [0.25, 0.3) is 0 Å². The van der Waals surface area contributed by atoms with Crippen molar-refractivity contribution in [3.8, 4) is 0 Å². The van der Waals surface area contributed by atoms with E-state index in [1.165, 1.54) is 62.3 Å². The zero-order valence-corrected chi connectivity index (χ0v) is 13.4. The first kappa shape index (κ1) is 13.2. The smallest absolute Gasteiger partial charge is 0.115 e. The molecule has 0 radical (unpaired) electrons. The Morgan fingerprint density at radius 1 is 1.30 bits per heavy atom. The summed E-state index contributed by atoms with van der Waals surface area (Å²) < 4.78 is 0. The van der Waals surface area contributed by atoms with Crippen LogP contribution in [0.15, 0.2) is 0 Å². The quantitative estimate of drug-likeness (QED) is 0.928. The molecule has 0 spiro atoms. The second kappa shape index (κ2) is 4.79. The van der Waals surface area contributed by atoms with Crippen molar-refractivity contribution in [3.05, 3.63) is 15.6 Å². The molecule has 4 rings (SSSR count). The molecule has 2 fully saturated rings. The van der Waals surface area contributed by atoms with Crippen molar-refractivity contribution >= 4 is 11.3 Å². The third-order valence-electron chi connectivity index (χ3n) is 5.25. The first-order chi connectivity index (χ1) is 9.69. The van der Waals surface area contributed by atoms with Gasteiger partial charge in [0.1, 0.15) is 5.01 Å². The number of rotatable bonds is 3. The molecule has 4 heteroatoms. The molecule has 1 aromatic heterocycles. The minimum Gasteiger partial charge on any atom is -0.302 e. The summed E-state index contributed by atoms with van der Waals surface area (Å²) in [5.41, 5.74) is 1.55. The Kier molecular flexibility index (Phi) is 3.17. The van der Waals surface area contributed by atoms with Crippen molar-refractivity contribution in [2.24, 2.45) is 0 Å². The monoisotopic (exact) mass is 291 g/mol. The lowest BCUT2D eigenvalue weighted by atomic mass is 9.88. The van der Waals surface area contributed by atoms with E-state index in [-0.39, 0.29) is 5.54 Å². The maximum Gasteiger partial charge on any atom is 0.115 e. The number of aromatic nitrogens is 1. The number of thiazole rings is 1. The molecule has 1 aromatic rings. The van der Waals surface area contributed by atoms with Crippen LogP contribution in [0.4, 0.5) is 0 Å². The van der Waals surface area contributed by atoms with Crippen molar-refractivity contribution in [2.75, 3.05) is 13.1 Å². The Hall–Kier alpha value is -0.450. The molecule has 3 aliphatic rings. The molecule has 0 saturated carbocycles. The summed E-state index contributed by atoms with van der Waals surface area (Å²) in [4.78, 5) is 9.35. The van der Waals surface area contributed by atoms with Gasteiger partial charge in [-0.15, -0.1) is 11.3 Å². The van der Waals surface area contributed by atoms with Gasteiger partial charge in [0, 0.05) is 23.5 Å².